The molecule has 0 aliphatic heterocycles. The van der Waals surface area contributed by atoms with E-state index in [1.54, 1.807) is 0 Å². The van der Waals surface area contributed by atoms with Crippen LogP contribution in [-0.4, -0.2) is 8.75 Å². The lowest BCUT2D eigenvalue weighted by atomic mass is 10.9. The van der Waals surface area contributed by atoms with Gasteiger partial charge in [-0.2, -0.15) is 0 Å². The van der Waals surface area contributed by atoms with Crippen molar-refractivity contribution in [3.63, 3.8) is 0 Å². The maximum Gasteiger partial charge on any atom is 0.113 e. The molecule has 0 saturated carbocycles. The van der Waals surface area contributed by atoms with E-state index >= 15 is 0 Å². The molecular formula is C2HN2S3-. The van der Waals surface area contributed by atoms with Crippen LogP contribution >= 0.6 is 23.9 Å². The van der Waals surface area contributed by atoms with Gasteiger partial charge in [-0.1, -0.05) is 12.2 Å². The number of hydrogen-bond donors (Lipinski definition) is 1. The molecule has 0 bridgehead atoms. The summed E-state index contributed by atoms with van der Waals surface area (Å²) in [5.74, 6) is 0. The second-order valence-electron chi connectivity index (χ2n) is 0.919. The van der Waals surface area contributed by atoms with Crippen molar-refractivity contribution in [1.29, 1.82) is 0 Å². The first-order valence-electron chi connectivity index (χ1n) is 1.52. The number of aromatic nitrogens is 2. The Morgan fingerprint density at radius 2 is 2.57 bits per heavy atom. The molecule has 0 amide bonds. The van der Waals surface area contributed by atoms with E-state index < -0.39 is 0 Å². The van der Waals surface area contributed by atoms with Crippen molar-refractivity contribution >= 4 is 36.6 Å². The van der Waals surface area contributed by atoms with E-state index in [1.165, 1.54) is 11.7 Å². The van der Waals surface area contributed by atoms with E-state index in [0.717, 1.165) is 0 Å². The van der Waals surface area contributed by atoms with Crippen LogP contribution in [0.4, 0.5) is 0 Å². The normalized spacial score (nSPS) is 9.14. The molecule has 0 saturated heterocycles. The molecule has 0 atom stereocenters. The molecule has 0 aromatic carbocycles. The Bertz CT molecular complexity index is 199. The summed E-state index contributed by atoms with van der Waals surface area (Å²) in [5, 5.41) is 0.500. The predicted molar refractivity (Wildman–Crippen MR) is 32.9 cm³/mol. The predicted octanol–water partition coefficient (Wildman–Crippen LogP) is 1.11. The monoisotopic (exact) mass is 149 g/mol. The zero-order chi connectivity index (χ0) is 5.28. The first kappa shape index (κ1) is 5.14. The molecule has 1 rings (SSSR count). The highest BCUT2D eigenvalue weighted by Gasteiger charge is 1.75. The number of nitrogens with one attached hydrogen (secondary N) is 1. The van der Waals surface area contributed by atoms with Gasteiger partial charge in [0.25, 0.3) is 0 Å². The number of hydrogen-bond acceptors (Lipinski definition) is 4. The number of H-pyrrole nitrogens is 1. The number of aromatic amines is 1. The average molecular weight is 149 g/mol. The van der Waals surface area contributed by atoms with Gasteiger partial charge < -0.3 is 12.6 Å². The highest BCUT2D eigenvalue weighted by Crippen LogP contribution is 1.94. The molecule has 0 aliphatic carbocycles. The molecule has 7 heavy (non-hydrogen) atoms. The standard InChI is InChI=1S/C2H2N2S3/c5-1-2(6)4-7-3-1/h(H,3,5)(H,4,6)/p-1. The first-order chi connectivity index (χ1) is 3.30. The second-order valence-corrected chi connectivity index (χ2v) is 2.28. The summed E-state index contributed by atoms with van der Waals surface area (Å²) in [7, 11) is 0. The maximum atomic E-state index is 4.67. The van der Waals surface area contributed by atoms with Crippen LogP contribution in [0.1, 0.15) is 0 Å². The van der Waals surface area contributed by atoms with Gasteiger partial charge in [-0.05, 0) is 5.03 Å². The van der Waals surface area contributed by atoms with Gasteiger partial charge in [-0.15, -0.1) is 0 Å². The van der Waals surface area contributed by atoms with Gasteiger partial charge >= 0.3 is 0 Å². The SMILES string of the molecule is S=c1[nH]snc1[S-]. The van der Waals surface area contributed by atoms with E-state index in [2.05, 4.69) is 33.6 Å². The van der Waals surface area contributed by atoms with Crippen LogP contribution < -0.4 is 0 Å². The molecule has 1 aromatic heterocycles. The minimum atomic E-state index is 0.500. The van der Waals surface area contributed by atoms with Crippen molar-refractivity contribution in [2.24, 2.45) is 0 Å². The molecule has 0 fully saturated rings. The van der Waals surface area contributed by atoms with Crippen molar-refractivity contribution < 1.29 is 0 Å². The third kappa shape index (κ3) is 0.960. The lowest BCUT2D eigenvalue weighted by Crippen LogP contribution is -1.63. The Hall–Kier alpha value is -0.0000000000000000278. The average Bonchev–Trinajstić information content (AvgIpc) is 1.91. The molecule has 5 heteroatoms. The molecule has 1 N–H and O–H groups in total. The van der Waals surface area contributed by atoms with Crippen molar-refractivity contribution in [1.82, 2.24) is 8.75 Å². The van der Waals surface area contributed by atoms with Crippen LogP contribution in [0.25, 0.3) is 0 Å². The molecular weight excluding hydrogens is 148 g/mol. The van der Waals surface area contributed by atoms with Crippen LogP contribution in [0.15, 0.2) is 5.03 Å². The van der Waals surface area contributed by atoms with Gasteiger partial charge in [-0.25, -0.2) is 4.37 Å². The summed E-state index contributed by atoms with van der Waals surface area (Å²) in [6, 6.07) is 0. The molecule has 1 aromatic rings. The van der Waals surface area contributed by atoms with Gasteiger partial charge in [0.2, 0.25) is 0 Å². The largest absolute Gasteiger partial charge is 0.756 e. The molecule has 0 radical (unpaired) electrons. The summed E-state index contributed by atoms with van der Waals surface area (Å²) >= 11 is 10.5. The van der Waals surface area contributed by atoms with Gasteiger partial charge in [0.1, 0.15) is 4.64 Å². The molecule has 0 unspecified atom stereocenters. The van der Waals surface area contributed by atoms with E-state index in [9.17, 15) is 0 Å². The third-order valence-electron chi connectivity index (χ3n) is 0.461. The Balaban J connectivity index is 3.39. The Morgan fingerprint density at radius 3 is 2.71 bits per heavy atom. The summed E-state index contributed by atoms with van der Waals surface area (Å²) in [4.78, 5) is 0. The quantitative estimate of drug-likeness (QED) is 0.442. The van der Waals surface area contributed by atoms with Crippen molar-refractivity contribution in [2.45, 2.75) is 5.03 Å². The maximum absolute atomic E-state index is 4.67. The lowest BCUT2D eigenvalue weighted by Gasteiger charge is -1.87. The van der Waals surface area contributed by atoms with Crippen LogP contribution in [0.2, 0.25) is 0 Å². The van der Waals surface area contributed by atoms with Crippen LogP contribution in [0, 0.1) is 4.64 Å². The summed E-state index contributed by atoms with van der Waals surface area (Å²) < 4.78 is 6.99. The summed E-state index contributed by atoms with van der Waals surface area (Å²) in [6.07, 6.45) is 0. The van der Waals surface area contributed by atoms with E-state index in [4.69, 9.17) is 0 Å². The van der Waals surface area contributed by atoms with Gasteiger partial charge in [0, 0.05) is 11.7 Å². The van der Waals surface area contributed by atoms with Crippen molar-refractivity contribution in [3.05, 3.63) is 4.64 Å². The Labute approximate surface area is 55.3 Å². The molecule has 1 heterocycles. The molecule has 0 aliphatic rings. The summed E-state index contributed by atoms with van der Waals surface area (Å²) in [5.41, 5.74) is 0. The molecule has 2 nitrogen and oxygen atoms in total. The minimum absolute atomic E-state index is 0.500. The molecule has 38 valence electrons. The minimum Gasteiger partial charge on any atom is -0.756 e. The smallest absolute Gasteiger partial charge is 0.113 e. The highest BCUT2D eigenvalue weighted by molar-refractivity contribution is 7.72. The van der Waals surface area contributed by atoms with Crippen LogP contribution in [-0.2, 0) is 12.6 Å². The first-order valence-corrected chi connectivity index (χ1v) is 3.11. The van der Waals surface area contributed by atoms with E-state index in [-0.39, 0.29) is 0 Å². The van der Waals surface area contributed by atoms with Gasteiger partial charge in [-0.3, -0.25) is 4.37 Å². The Kier molecular flexibility index (Phi) is 1.36. The lowest BCUT2D eigenvalue weighted by molar-refractivity contribution is 1.25. The molecule has 0 spiro atoms. The van der Waals surface area contributed by atoms with Crippen molar-refractivity contribution in [3.8, 4) is 0 Å². The van der Waals surface area contributed by atoms with Gasteiger partial charge in [0.05, 0.1) is 0 Å². The number of rotatable bonds is 0. The van der Waals surface area contributed by atoms with E-state index in [0.29, 0.717) is 9.67 Å². The van der Waals surface area contributed by atoms with Gasteiger partial charge in [0.15, 0.2) is 0 Å². The fourth-order valence-electron chi connectivity index (χ4n) is 0.191. The van der Waals surface area contributed by atoms with Crippen molar-refractivity contribution in [2.75, 3.05) is 0 Å². The fraction of sp³-hybridized carbons (Fsp3) is 0. The van der Waals surface area contributed by atoms with E-state index in [1.807, 2.05) is 0 Å². The van der Waals surface area contributed by atoms with Crippen LogP contribution in [0.5, 0.6) is 0 Å². The third-order valence-corrected chi connectivity index (χ3v) is 2.00. The zero-order valence-electron chi connectivity index (χ0n) is 3.17. The highest BCUT2D eigenvalue weighted by atomic mass is 32.1. The zero-order valence-corrected chi connectivity index (χ0v) is 5.62. The Morgan fingerprint density at radius 1 is 1.86 bits per heavy atom. The summed E-state index contributed by atoms with van der Waals surface area (Å²) in [6.45, 7) is 0. The number of nitrogens with zero attached hydrogens (tertiary/aromatic N) is 1. The van der Waals surface area contributed by atoms with Crippen LogP contribution in [0.3, 0.4) is 0 Å². The topological polar surface area (TPSA) is 28.7 Å². The second kappa shape index (κ2) is 1.85. The fourth-order valence-corrected chi connectivity index (χ4v) is 1.03.